The standard InChI is InChI=1S/C12H13N3O3S/c1-8-6-9(2-3-13-8)11(17)14-4-5-15-10(16)7-19-12(15)18/h2-3,6H,4-5,7H2,1H3,(H,14,17). The maximum absolute atomic E-state index is 11.8. The molecule has 1 aromatic heterocycles. The molecule has 2 rings (SSSR count). The van der Waals surface area contributed by atoms with Crippen molar-refractivity contribution in [3.63, 3.8) is 0 Å². The maximum atomic E-state index is 11.8. The Morgan fingerprint density at radius 3 is 2.95 bits per heavy atom. The van der Waals surface area contributed by atoms with E-state index < -0.39 is 0 Å². The van der Waals surface area contributed by atoms with Crippen molar-refractivity contribution in [1.29, 1.82) is 0 Å². The van der Waals surface area contributed by atoms with E-state index in [1.165, 1.54) is 0 Å². The van der Waals surface area contributed by atoms with Crippen LogP contribution in [0.25, 0.3) is 0 Å². The lowest BCUT2D eigenvalue weighted by atomic mass is 10.2. The summed E-state index contributed by atoms with van der Waals surface area (Å²) in [6, 6.07) is 3.29. The highest BCUT2D eigenvalue weighted by atomic mass is 32.2. The van der Waals surface area contributed by atoms with Gasteiger partial charge in [-0.25, -0.2) is 0 Å². The van der Waals surface area contributed by atoms with Crippen molar-refractivity contribution in [2.45, 2.75) is 6.92 Å². The third-order valence-electron chi connectivity index (χ3n) is 2.62. The maximum Gasteiger partial charge on any atom is 0.288 e. The second-order valence-corrected chi connectivity index (χ2v) is 4.97. The molecule has 0 unspecified atom stereocenters. The number of carbonyl (C=O) groups is 3. The SMILES string of the molecule is Cc1cc(C(=O)NCCN2C(=O)CSC2=O)ccn1. The van der Waals surface area contributed by atoms with Gasteiger partial charge in [0.1, 0.15) is 0 Å². The minimum atomic E-state index is -0.251. The monoisotopic (exact) mass is 279 g/mol. The van der Waals surface area contributed by atoms with Gasteiger partial charge in [0, 0.05) is 30.5 Å². The summed E-state index contributed by atoms with van der Waals surface area (Å²) in [7, 11) is 0. The van der Waals surface area contributed by atoms with E-state index >= 15 is 0 Å². The molecule has 1 N–H and O–H groups in total. The van der Waals surface area contributed by atoms with E-state index in [2.05, 4.69) is 10.3 Å². The lowest BCUT2D eigenvalue weighted by Gasteiger charge is -2.13. The van der Waals surface area contributed by atoms with E-state index in [-0.39, 0.29) is 35.9 Å². The Balaban J connectivity index is 1.84. The van der Waals surface area contributed by atoms with Crippen LogP contribution in [-0.2, 0) is 4.79 Å². The zero-order valence-corrected chi connectivity index (χ0v) is 11.2. The van der Waals surface area contributed by atoms with Gasteiger partial charge in [0.15, 0.2) is 0 Å². The first kappa shape index (κ1) is 13.5. The van der Waals surface area contributed by atoms with Gasteiger partial charge in [-0.1, -0.05) is 11.8 Å². The highest BCUT2D eigenvalue weighted by Gasteiger charge is 2.29. The highest BCUT2D eigenvalue weighted by molar-refractivity contribution is 8.14. The van der Waals surface area contributed by atoms with Crippen molar-refractivity contribution in [3.8, 4) is 0 Å². The molecule has 1 fully saturated rings. The second-order valence-electron chi connectivity index (χ2n) is 4.04. The van der Waals surface area contributed by atoms with Gasteiger partial charge in [-0.15, -0.1) is 0 Å². The molecule has 0 atom stereocenters. The van der Waals surface area contributed by atoms with Crippen LogP contribution in [0, 0.1) is 6.92 Å². The molecule has 3 amide bonds. The largest absolute Gasteiger partial charge is 0.350 e. The normalized spacial score (nSPS) is 14.9. The molecule has 0 bridgehead atoms. The summed E-state index contributed by atoms with van der Waals surface area (Å²) in [6.07, 6.45) is 1.56. The second kappa shape index (κ2) is 5.83. The number of rotatable bonds is 4. The van der Waals surface area contributed by atoms with E-state index in [9.17, 15) is 14.4 Å². The Morgan fingerprint density at radius 2 is 2.32 bits per heavy atom. The Kier molecular flexibility index (Phi) is 4.16. The summed E-state index contributed by atoms with van der Waals surface area (Å²) in [4.78, 5) is 39.6. The molecule has 0 spiro atoms. The Hall–Kier alpha value is -1.89. The van der Waals surface area contributed by atoms with Crippen molar-refractivity contribution in [3.05, 3.63) is 29.6 Å². The van der Waals surface area contributed by atoms with Gasteiger partial charge < -0.3 is 5.32 Å². The third-order valence-corrected chi connectivity index (χ3v) is 3.48. The molecule has 0 aliphatic carbocycles. The number of aromatic nitrogens is 1. The highest BCUT2D eigenvalue weighted by Crippen LogP contribution is 2.17. The molecule has 7 heteroatoms. The molecular weight excluding hydrogens is 266 g/mol. The summed E-state index contributed by atoms with van der Waals surface area (Å²) >= 11 is 0.987. The molecule has 1 saturated heterocycles. The van der Waals surface area contributed by atoms with Crippen LogP contribution in [0.2, 0.25) is 0 Å². The quantitative estimate of drug-likeness (QED) is 0.882. The molecule has 19 heavy (non-hydrogen) atoms. The van der Waals surface area contributed by atoms with Gasteiger partial charge in [0.25, 0.3) is 11.1 Å². The van der Waals surface area contributed by atoms with Crippen molar-refractivity contribution in [1.82, 2.24) is 15.2 Å². The molecule has 1 aliphatic rings. The number of imide groups is 1. The van der Waals surface area contributed by atoms with Gasteiger partial charge in [0.05, 0.1) is 5.75 Å². The van der Waals surface area contributed by atoms with Gasteiger partial charge in [-0.2, -0.15) is 0 Å². The number of pyridine rings is 1. The van der Waals surface area contributed by atoms with Crippen LogP contribution in [0.4, 0.5) is 4.79 Å². The molecule has 1 aromatic rings. The van der Waals surface area contributed by atoms with Crippen molar-refractivity contribution in [2.24, 2.45) is 0 Å². The molecule has 0 radical (unpaired) electrons. The first-order valence-corrected chi connectivity index (χ1v) is 6.74. The predicted octanol–water partition coefficient (Wildman–Crippen LogP) is 0.815. The van der Waals surface area contributed by atoms with Crippen LogP contribution < -0.4 is 5.32 Å². The first-order chi connectivity index (χ1) is 9.08. The predicted molar refractivity (Wildman–Crippen MR) is 70.9 cm³/mol. The summed E-state index contributed by atoms with van der Waals surface area (Å²) < 4.78 is 0. The van der Waals surface area contributed by atoms with Crippen molar-refractivity contribution >= 4 is 28.8 Å². The molecule has 2 heterocycles. The van der Waals surface area contributed by atoms with Crippen LogP contribution in [0.5, 0.6) is 0 Å². The Labute approximate surface area is 114 Å². The molecule has 0 aromatic carbocycles. The number of hydrogen-bond acceptors (Lipinski definition) is 5. The van der Waals surface area contributed by atoms with E-state index in [4.69, 9.17) is 0 Å². The minimum Gasteiger partial charge on any atom is -0.350 e. The third kappa shape index (κ3) is 3.31. The fourth-order valence-corrected chi connectivity index (χ4v) is 2.42. The summed E-state index contributed by atoms with van der Waals surface area (Å²) in [6.45, 7) is 2.26. The van der Waals surface area contributed by atoms with Gasteiger partial charge in [-0.05, 0) is 19.1 Å². The Morgan fingerprint density at radius 1 is 1.53 bits per heavy atom. The minimum absolute atomic E-state index is 0.191. The van der Waals surface area contributed by atoms with Crippen LogP contribution in [0.3, 0.4) is 0 Å². The molecule has 100 valence electrons. The van der Waals surface area contributed by atoms with E-state index in [1.54, 1.807) is 25.3 Å². The first-order valence-electron chi connectivity index (χ1n) is 5.76. The number of aryl methyl sites for hydroxylation is 1. The van der Waals surface area contributed by atoms with Gasteiger partial charge >= 0.3 is 0 Å². The summed E-state index contributed by atoms with van der Waals surface area (Å²) in [5.41, 5.74) is 1.27. The number of carbonyl (C=O) groups excluding carboxylic acids is 3. The number of nitrogens with zero attached hydrogens (tertiary/aromatic N) is 2. The van der Waals surface area contributed by atoms with Crippen molar-refractivity contribution < 1.29 is 14.4 Å². The molecular formula is C12H13N3O3S. The number of amides is 3. The fourth-order valence-electron chi connectivity index (χ4n) is 1.67. The zero-order chi connectivity index (χ0) is 13.8. The smallest absolute Gasteiger partial charge is 0.288 e. The average Bonchev–Trinajstić information content (AvgIpc) is 2.70. The van der Waals surface area contributed by atoms with Gasteiger partial charge in [0.2, 0.25) is 5.91 Å². The summed E-state index contributed by atoms with van der Waals surface area (Å²) in [5.74, 6) is -0.252. The van der Waals surface area contributed by atoms with Crippen LogP contribution >= 0.6 is 11.8 Å². The molecule has 0 saturated carbocycles. The van der Waals surface area contributed by atoms with Crippen LogP contribution in [0.1, 0.15) is 16.1 Å². The lowest BCUT2D eigenvalue weighted by molar-refractivity contribution is -0.124. The van der Waals surface area contributed by atoms with E-state index in [1.807, 2.05) is 0 Å². The average molecular weight is 279 g/mol. The Bertz CT molecular complexity index is 517. The molecule has 6 nitrogen and oxygen atoms in total. The lowest BCUT2D eigenvalue weighted by Crippen LogP contribution is -2.37. The van der Waals surface area contributed by atoms with E-state index in [0.29, 0.717) is 5.56 Å². The molecule has 1 aliphatic heterocycles. The fraction of sp³-hybridized carbons (Fsp3) is 0.333. The topological polar surface area (TPSA) is 79.4 Å². The van der Waals surface area contributed by atoms with Crippen LogP contribution in [-0.4, -0.2) is 45.8 Å². The number of hydrogen-bond donors (Lipinski definition) is 1. The summed E-state index contributed by atoms with van der Waals surface area (Å²) in [5, 5.41) is 2.42. The number of nitrogens with one attached hydrogen (secondary N) is 1. The van der Waals surface area contributed by atoms with Crippen LogP contribution in [0.15, 0.2) is 18.3 Å². The van der Waals surface area contributed by atoms with Gasteiger partial charge in [-0.3, -0.25) is 24.3 Å². The van der Waals surface area contributed by atoms with E-state index in [0.717, 1.165) is 22.4 Å². The van der Waals surface area contributed by atoms with Crippen molar-refractivity contribution in [2.75, 3.05) is 18.8 Å². The number of thioether (sulfide) groups is 1. The zero-order valence-electron chi connectivity index (χ0n) is 10.4.